The molecule has 176 valence electrons. The molecule has 0 aromatic heterocycles. The van der Waals surface area contributed by atoms with E-state index in [-0.39, 0.29) is 0 Å². The van der Waals surface area contributed by atoms with Crippen LogP contribution in [0, 0.1) is 0 Å². The summed E-state index contributed by atoms with van der Waals surface area (Å²) in [5.74, 6) is 0. The summed E-state index contributed by atoms with van der Waals surface area (Å²) >= 11 is 1.88. The molecule has 0 spiro atoms. The monoisotopic (exact) mass is 455 g/mol. The minimum Gasteiger partial charge on any atom is -0.374 e. The number of thioether (sulfide) groups is 1. The average Bonchev–Trinajstić information content (AvgIpc) is 2.82. The molecule has 0 atom stereocenters. The molecular weight excluding hydrogens is 414 g/mol. The van der Waals surface area contributed by atoms with Gasteiger partial charge in [0.1, 0.15) is 0 Å². The maximum atomic E-state index is 4.99. The topological polar surface area (TPSA) is 25.3 Å². The molecule has 0 bridgehead atoms. The number of allylic oxidation sites excluding steroid dienone is 3. The largest absolute Gasteiger partial charge is 0.374 e. The van der Waals surface area contributed by atoms with E-state index in [2.05, 4.69) is 91.7 Å². The Morgan fingerprint density at radius 2 is 1.47 bits per heavy atom. The van der Waals surface area contributed by atoms with Crippen molar-refractivity contribution in [3.8, 4) is 0 Å². The van der Waals surface area contributed by atoms with Gasteiger partial charge in [0, 0.05) is 67.9 Å². The van der Waals surface area contributed by atoms with Gasteiger partial charge in [0.15, 0.2) is 0 Å². The van der Waals surface area contributed by atoms with Crippen molar-refractivity contribution in [2.75, 3.05) is 71.4 Å². The summed E-state index contributed by atoms with van der Waals surface area (Å²) in [5.41, 5.74) is 4.89. The van der Waals surface area contributed by atoms with Crippen molar-refractivity contribution in [1.29, 1.82) is 0 Å². The first-order chi connectivity index (χ1) is 15.5. The van der Waals surface area contributed by atoms with Gasteiger partial charge in [-0.15, -0.1) is 0 Å². The number of likely N-dealkylation sites (N-methyl/N-ethyl adjacent to an activating group) is 4. The standard InChI is InChI=1S/C26H41N5S/c1-7-30(8-2)17-15-28(5)21-11-13-23-25(19-21)32-26-20-22(12-14-24(26)27-23)29(6)16-18-31(9-3)10-4/h11-13,19-20H,7-10,14-18H2,1-6H3. The number of nitrogens with zero attached hydrogens (tertiary/aromatic N) is 5. The Morgan fingerprint density at radius 1 is 0.844 bits per heavy atom. The lowest BCUT2D eigenvalue weighted by Crippen LogP contribution is -2.33. The maximum absolute atomic E-state index is 4.99. The summed E-state index contributed by atoms with van der Waals surface area (Å²) in [6, 6.07) is 6.71. The molecule has 0 amide bonds. The Bertz CT molecular complexity index is 852. The minimum atomic E-state index is 0.911. The fourth-order valence-electron chi connectivity index (χ4n) is 4.13. The lowest BCUT2D eigenvalue weighted by molar-refractivity contribution is 0.267. The molecule has 6 heteroatoms. The van der Waals surface area contributed by atoms with Crippen molar-refractivity contribution in [1.82, 2.24) is 14.7 Å². The van der Waals surface area contributed by atoms with Crippen molar-refractivity contribution in [2.24, 2.45) is 4.99 Å². The van der Waals surface area contributed by atoms with Crippen LogP contribution in [0.25, 0.3) is 0 Å². The molecule has 1 aromatic carbocycles. The molecule has 1 aliphatic heterocycles. The van der Waals surface area contributed by atoms with Crippen molar-refractivity contribution in [2.45, 2.75) is 39.0 Å². The predicted octanol–water partition coefficient (Wildman–Crippen LogP) is 5.09. The number of aliphatic imine (C=N–C) groups is 1. The zero-order chi connectivity index (χ0) is 23.1. The van der Waals surface area contributed by atoms with Crippen molar-refractivity contribution < 1.29 is 0 Å². The minimum absolute atomic E-state index is 0.911. The summed E-state index contributed by atoms with van der Waals surface area (Å²) in [7, 11) is 4.40. The fourth-order valence-corrected chi connectivity index (χ4v) is 5.19. The average molecular weight is 456 g/mol. The van der Waals surface area contributed by atoms with E-state index in [1.807, 2.05) is 11.8 Å². The van der Waals surface area contributed by atoms with E-state index in [1.165, 1.54) is 26.9 Å². The summed E-state index contributed by atoms with van der Waals surface area (Å²) in [6.45, 7) is 17.6. The Kier molecular flexibility index (Phi) is 9.26. The maximum Gasteiger partial charge on any atom is 0.0774 e. The number of anilines is 1. The summed E-state index contributed by atoms with van der Waals surface area (Å²) in [6.07, 6.45) is 5.56. The van der Waals surface area contributed by atoms with Crippen molar-refractivity contribution >= 4 is 28.8 Å². The summed E-state index contributed by atoms with van der Waals surface area (Å²) in [5, 5.41) is 0. The molecule has 0 saturated heterocycles. The molecule has 1 aliphatic carbocycles. The summed E-state index contributed by atoms with van der Waals surface area (Å²) in [4.78, 5) is 17.2. The zero-order valence-corrected chi connectivity index (χ0v) is 21.7. The highest BCUT2D eigenvalue weighted by molar-refractivity contribution is 8.04. The highest BCUT2D eigenvalue weighted by Gasteiger charge is 2.22. The van der Waals surface area contributed by atoms with Crippen LogP contribution < -0.4 is 4.90 Å². The third-order valence-electron chi connectivity index (χ3n) is 6.66. The van der Waals surface area contributed by atoms with Crippen LogP contribution in [0.4, 0.5) is 11.4 Å². The van der Waals surface area contributed by atoms with Crippen LogP contribution in [0.1, 0.15) is 34.1 Å². The molecule has 32 heavy (non-hydrogen) atoms. The highest BCUT2D eigenvalue weighted by Crippen LogP contribution is 2.44. The van der Waals surface area contributed by atoms with Gasteiger partial charge in [-0.2, -0.15) is 0 Å². The van der Waals surface area contributed by atoms with E-state index < -0.39 is 0 Å². The van der Waals surface area contributed by atoms with Crippen LogP contribution in [0.5, 0.6) is 0 Å². The van der Waals surface area contributed by atoms with Gasteiger partial charge in [-0.3, -0.25) is 4.99 Å². The molecule has 0 saturated carbocycles. The number of rotatable bonds is 12. The van der Waals surface area contributed by atoms with E-state index in [0.717, 1.165) is 64.5 Å². The predicted molar refractivity (Wildman–Crippen MR) is 142 cm³/mol. The van der Waals surface area contributed by atoms with Gasteiger partial charge < -0.3 is 19.6 Å². The van der Waals surface area contributed by atoms with Crippen LogP contribution in [0.15, 0.2) is 50.8 Å². The molecule has 3 rings (SSSR count). The normalized spacial score (nSPS) is 15.2. The van der Waals surface area contributed by atoms with E-state index in [1.54, 1.807) is 0 Å². The van der Waals surface area contributed by atoms with Crippen LogP contribution in [-0.2, 0) is 0 Å². The van der Waals surface area contributed by atoms with E-state index in [9.17, 15) is 0 Å². The van der Waals surface area contributed by atoms with Gasteiger partial charge in [-0.25, -0.2) is 0 Å². The number of hydrogen-bond acceptors (Lipinski definition) is 6. The zero-order valence-electron chi connectivity index (χ0n) is 20.9. The number of benzene rings is 1. The Morgan fingerprint density at radius 3 is 2.09 bits per heavy atom. The molecule has 5 nitrogen and oxygen atoms in total. The third kappa shape index (κ3) is 6.18. The van der Waals surface area contributed by atoms with Gasteiger partial charge in [-0.1, -0.05) is 45.5 Å². The molecular formula is C26H41N5S. The Balaban J connectivity index is 1.67. The van der Waals surface area contributed by atoms with Crippen molar-refractivity contribution in [3.05, 3.63) is 41.0 Å². The van der Waals surface area contributed by atoms with Gasteiger partial charge in [0.05, 0.1) is 11.4 Å². The third-order valence-corrected chi connectivity index (χ3v) is 7.78. The number of hydrogen-bond donors (Lipinski definition) is 0. The first kappa shape index (κ1) is 24.9. The fraction of sp³-hybridized carbons (Fsp3) is 0.577. The van der Waals surface area contributed by atoms with Crippen LogP contribution in [0.2, 0.25) is 0 Å². The second-order valence-electron chi connectivity index (χ2n) is 8.55. The molecule has 2 aliphatic rings. The van der Waals surface area contributed by atoms with E-state index in [0.29, 0.717) is 0 Å². The molecule has 1 heterocycles. The number of fused-ring (bicyclic) bond motifs is 2. The molecule has 0 fully saturated rings. The van der Waals surface area contributed by atoms with Gasteiger partial charge in [0.25, 0.3) is 0 Å². The molecule has 0 unspecified atom stereocenters. The first-order valence-corrected chi connectivity index (χ1v) is 13.0. The summed E-state index contributed by atoms with van der Waals surface area (Å²) < 4.78 is 0. The van der Waals surface area contributed by atoms with Crippen LogP contribution in [0.3, 0.4) is 0 Å². The van der Waals surface area contributed by atoms with Gasteiger partial charge >= 0.3 is 0 Å². The molecule has 0 radical (unpaired) electrons. The molecule has 0 N–H and O–H groups in total. The second kappa shape index (κ2) is 11.9. The Hall–Kier alpha value is -1.76. The van der Waals surface area contributed by atoms with Crippen molar-refractivity contribution in [3.63, 3.8) is 0 Å². The quantitative estimate of drug-likeness (QED) is 0.437. The highest BCUT2D eigenvalue weighted by atomic mass is 32.2. The SMILES string of the molecule is CCN(CC)CCN(C)C1=CCC2=Nc3ccc(N(C)CCN(CC)CC)cc3SC2=C1. The molecule has 1 aromatic rings. The van der Waals surface area contributed by atoms with E-state index >= 15 is 0 Å². The smallest absolute Gasteiger partial charge is 0.0774 e. The van der Waals surface area contributed by atoms with Gasteiger partial charge in [0.2, 0.25) is 0 Å². The van der Waals surface area contributed by atoms with Crippen LogP contribution in [-0.4, -0.2) is 86.9 Å². The lowest BCUT2D eigenvalue weighted by atomic mass is 10.1. The van der Waals surface area contributed by atoms with Crippen LogP contribution >= 0.6 is 11.8 Å². The Labute approximate surface area is 199 Å². The first-order valence-electron chi connectivity index (χ1n) is 12.2. The second-order valence-corrected chi connectivity index (χ2v) is 9.63. The van der Waals surface area contributed by atoms with E-state index in [4.69, 9.17) is 4.99 Å². The lowest BCUT2D eigenvalue weighted by Gasteiger charge is -2.29. The van der Waals surface area contributed by atoms with Gasteiger partial charge in [-0.05, 0) is 50.5 Å².